The van der Waals surface area contributed by atoms with E-state index in [0.29, 0.717) is 0 Å². The van der Waals surface area contributed by atoms with E-state index in [-0.39, 0.29) is 146 Å². The quantitative estimate of drug-likeness (QED) is 0.261. The molecule has 0 amide bonds. The van der Waals surface area contributed by atoms with Crippen LogP contribution in [0, 0.1) is 79.9 Å². The molecule has 0 aliphatic rings. The molecule has 2 radical (unpaired) electrons. The van der Waals surface area contributed by atoms with Gasteiger partial charge in [0.1, 0.15) is 11.4 Å². The summed E-state index contributed by atoms with van der Waals surface area (Å²) in [6.07, 6.45) is -0.940. The van der Waals surface area contributed by atoms with Crippen LogP contribution in [0.1, 0.15) is 54.8 Å². The van der Waals surface area contributed by atoms with Gasteiger partial charge in [-0.05, 0) is 25.0 Å². The summed E-state index contributed by atoms with van der Waals surface area (Å²) in [6, 6.07) is 1.65. The van der Waals surface area contributed by atoms with Crippen LogP contribution in [-0.2, 0) is 9.59 Å². The van der Waals surface area contributed by atoms with Crippen molar-refractivity contribution in [3.8, 4) is 0 Å². The van der Waals surface area contributed by atoms with E-state index in [1.54, 1.807) is 0 Å². The summed E-state index contributed by atoms with van der Waals surface area (Å²) in [7, 11) is 0. The average molecular weight is 919 g/mol. The van der Waals surface area contributed by atoms with Crippen LogP contribution in [-0.4, -0.2) is 111 Å². The second-order valence-corrected chi connectivity index (χ2v) is 4.73. The summed E-state index contributed by atoms with van der Waals surface area (Å²) in [4.78, 5) is 59.1. The first-order valence-corrected chi connectivity index (χ1v) is 7.21. The Morgan fingerprint density at radius 3 is 0.786 bits per heavy atom. The third-order valence-electron chi connectivity index (χ3n) is 2.55. The molecule has 42 heavy (non-hydrogen) atoms. The van der Waals surface area contributed by atoms with Gasteiger partial charge >= 0.3 is 79.9 Å². The molecule has 26 nitrogen and oxygen atoms in total. The topological polar surface area (TPSA) is 613 Å². The first kappa shape index (κ1) is 83.4. The smallest absolute Gasteiger partial charge is 0.550 e. The first-order valence-electron chi connectivity index (χ1n) is 7.21. The summed E-state index contributed by atoms with van der Waals surface area (Å²) in [5, 5.41) is 69.3. The van der Waals surface area contributed by atoms with Crippen LogP contribution >= 0.6 is 0 Å². The molecule has 0 aliphatic heterocycles. The van der Waals surface area contributed by atoms with E-state index in [1.807, 2.05) is 10.2 Å². The third-order valence-corrected chi connectivity index (χ3v) is 2.55. The molecule has 2 aromatic rings. The predicted octanol–water partition coefficient (Wildman–Crippen LogP) is -16.7. The van der Waals surface area contributed by atoms with Gasteiger partial charge in [-0.25, -0.2) is 0 Å². The SMILES string of the molecule is O.O.O.O.O.O.O.O.O.O.O=C([O-])CCC(=O)[O-].O=C([O-])c1cc(C(=O)[O-])[nH]n1.O=C([O-])c1cc(C(=O)[O-])[nH]n1.[Gd+3].[Gd+3]. The monoisotopic (exact) mass is 920 g/mol. The molecule has 0 saturated heterocycles. The Balaban J connectivity index is -0.0000000241. The molecule has 0 bridgehead atoms. The van der Waals surface area contributed by atoms with Crippen LogP contribution in [0.3, 0.4) is 0 Å². The molecule has 0 fully saturated rings. The van der Waals surface area contributed by atoms with Gasteiger partial charge in [0, 0.05) is 11.9 Å². The molecule has 0 unspecified atom stereocenters. The van der Waals surface area contributed by atoms with Crippen molar-refractivity contribution in [2.45, 2.75) is 12.8 Å². The van der Waals surface area contributed by atoms with Crippen LogP contribution in [0.5, 0.6) is 0 Å². The maximum absolute atomic E-state index is 10.0. The third kappa shape index (κ3) is 37.5. The number of carbonyl (C=O) groups is 6. The van der Waals surface area contributed by atoms with Crippen LogP contribution in [0.25, 0.3) is 0 Å². The number of carboxylic acid groups (broad SMARTS) is 6. The van der Waals surface area contributed by atoms with E-state index >= 15 is 0 Å². The van der Waals surface area contributed by atoms with E-state index in [9.17, 15) is 59.4 Å². The number of nitrogens with zero attached hydrogens (tertiary/aromatic N) is 2. The summed E-state index contributed by atoms with van der Waals surface area (Å²) in [5.74, 6) is -8.82. The van der Waals surface area contributed by atoms with Crippen molar-refractivity contribution in [1.82, 2.24) is 20.4 Å². The zero-order valence-corrected chi connectivity index (χ0v) is 24.6. The number of rotatable bonds is 7. The minimum atomic E-state index is -1.53. The maximum atomic E-state index is 10.0. The van der Waals surface area contributed by atoms with E-state index in [1.165, 1.54) is 0 Å². The standard InChI is InChI=1S/2C5H4N2O4.C4H6O4.2Gd.10H2O/c2*8-4(9)2-1-3(5(10)11)7-6-2;5-3(6)1-2-4(7)8;;;;;;;;;;;;/h2*1H,(H,6,7)(H,8,9)(H,10,11);1-2H2,(H,5,6)(H,7,8);;;10*1H2/q;;;2*+3;;;;;;;;;;/p-6. The van der Waals surface area contributed by atoms with Crippen molar-refractivity contribution >= 4 is 35.8 Å². The number of aromatic nitrogens is 4. The second-order valence-electron chi connectivity index (χ2n) is 4.73. The fourth-order valence-electron chi connectivity index (χ4n) is 1.27. The van der Waals surface area contributed by atoms with Crippen molar-refractivity contribution in [2.24, 2.45) is 0 Å². The Morgan fingerprint density at radius 2 is 0.690 bits per heavy atom. The molecule has 0 aromatic carbocycles. The fraction of sp³-hybridized carbons (Fsp3) is 0.143. The molecule has 22 N–H and O–H groups in total. The van der Waals surface area contributed by atoms with Gasteiger partial charge in [0.2, 0.25) is 0 Å². The molecule has 28 heteroatoms. The minimum absolute atomic E-state index is 0. The second kappa shape index (κ2) is 42.9. The van der Waals surface area contributed by atoms with E-state index in [2.05, 4.69) is 10.2 Å². The van der Waals surface area contributed by atoms with Crippen molar-refractivity contribution in [2.75, 3.05) is 0 Å². The minimum Gasteiger partial charge on any atom is -0.550 e. The molecule has 0 aliphatic carbocycles. The molecule has 2 aromatic heterocycles. The van der Waals surface area contributed by atoms with Gasteiger partial charge in [-0.2, -0.15) is 10.2 Å². The molecule has 2 rings (SSSR count). The average Bonchev–Trinajstić information content (AvgIpc) is 3.31. The van der Waals surface area contributed by atoms with Gasteiger partial charge in [-0.1, -0.05) is 0 Å². The molecular weight excluding hydrogens is 891 g/mol. The Kier molecular flexibility index (Phi) is 85.3. The van der Waals surface area contributed by atoms with Crippen molar-refractivity contribution in [3.05, 3.63) is 34.9 Å². The Hall–Kier alpha value is -2.51. The van der Waals surface area contributed by atoms with Crippen molar-refractivity contribution < 1.29 is 194 Å². The Labute approximate surface area is 295 Å². The number of carbonyl (C=O) groups excluding carboxylic acids is 6. The predicted molar refractivity (Wildman–Crippen MR) is 110 cm³/mol. The van der Waals surface area contributed by atoms with Gasteiger partial charge in [-0.3, -0.25) is 10.2 Å². The molecular formula is C14H28Gd2N4O22. The first-order chi connectivity index (χ1) is 13.8. The zero-order valence-electron chi connectivity index (χ0n) is 20.1. The number of nitrogens with one attached hydrogen (secondary N) is 2. The number of hydrogen-bond acceptors (Lipinski definition) is 14. The van der Waals surface area contributed by atoms with Crippen LogP contribution < -0.4 is 30.6 Å². The summed E-state index contributed by atoms with van der Waals surface area (Å²) in [5.41, 5.74) is -1.68. The van der Waals surface area contributed by atoms with Crippen LogP contribution in [0.2, 0.25) is 0 Å². The number of aromatic carboxylic acids is 4. The Morgan fingerprint density at radius 1 is 0.476 bits per heavy atom. The molecule has 0 spiro atoms. The van der Waals surface area contributed by atoms with Gasteiger partial charge < -0.3 is 114 Å². The largest absolute Gasteiger partial charge is 3.00 e. The summed E-state index contributed by atoms with van der Waals surface area (Å²) in [6.45, 7) is 0. The molecule has 0 atom stereocenters. The number of H-pyrrole nitrogens is 2. The summed E-state index contributed by atoms with van der Waals surface area (Å²) < 4.78 is 0. The Bertz CT molecular complexity index is 833. The zero-order chi connectivity index (χ0) is 23.4. The van der Waals surface area contributed by atoms with Gasteiger partial charge in [0.15, 0.2) is 0 Å². The van der Waals surface area contributed by atoms with Gasteiger partial charge in [0.05, 0.1) is 35.3 Å². The van der Waals surface area contributed by atoms with E-state index < -0.39 is 60.0 Å². The van der Waals surface area contributed by atoms with Crippen molar-refractivity contribution in [1.29, 1.82) is 0 Å². The number of aliphatic carboxylic acids is 2. The number of aromatic amines is 2. The van der Waals surface area contributed by atoms with Gasteiger partial charge in [0.25, 0.3) is 0 Å². The number of hydrogen-bond donors (Lipinski definition) is 2. The van der Waals surface area contributed by atoms with Crippen LogP contribution in [0.4, 0.5) is 0 Å². The van der Waals surface area contributed by atoms with Crippen LogP contribution in [0.15, 0.2) is 12.1 Å². The van der Waals surface area contributed by atoms with E-state index in [4.69, 9.17) is 0 Å². The molecule has 252 valence electrons. The maximum Gasteiger partial charge on any atom is 3.00 e. The molecule has 2 heterocycles. The summed E-state index contributed by atoms with van der Waals surface area (Å²) >= 11 is 0. The number of carboxylic acids is 6. The van der Waals surface area contributed by atoms with E-state index in [0.717, 1.165) is 12.1 Å². The van der Waals surface area contributed by atoms with Gasteiger partial charge in [-0.15, -0.1) is 0 Å². The normalized spacial score (nSPS) is 6.57. The van der Waals surface area contributed by atoms with Crippen molar-refractivity contribution in [3.63, 3.8) is 0 Å². The fourth-order valence-corrected chi connectivity index (χ4v) is 1.27. The molecule has 0 saturated carbocycles.